The van der Waals surface area contributed by atoms with Gasteiger partial charge in [0.2, 0.25) is 10.0 Å². The fraction of sp³-hybridized carbons (Fsp3) is 0.750. The molecule has 0 heterocycles. The average molecular weight is 307 g/mol. The molecule has 11 heteroatoms. The third-order valence-corrected chi connectivity index (χ3v) is 3.34. The van der Waals surface area contributed by atoms with E-state index in [1.54, 1.807) is 0 Å². The highest BCUT2D eigenvalue weighted by Gasteiger charge is 2.29. The van der Waals surface area contributed by atoms with E-state index in [4.69, 9.17) is 10.2 Å². The van der Waals surface area contributed by atoms with E-state index in [-0.39, 0.29) is 0 Å². The molecule has 0 rings (SSSR count). The number of halogens is 3. The second-order valence-electron chi connectivity index (χ2n) is 3.64. The third-order valence-electron chi connectivity index (χ3n) is 1.87. The topological polar surface area (TPSA) is 121 Å². The minimum atomic E-state index is -4.51. The van der Waals surface area contributed by atoms with Crippen LogP contribution in [0.5, 0.6) is 0 Å². The summed E-state index contributed by atoms with van der Waals surface area (Å²) in [4.78, 5) is 20.9. The number of hydrogen-bond acceptors (Lipinski definition) is 4. The number of carboxylic acids is 2. The molecule has 7 nitrogen and oxygen atoms in total. The van der Waals surface area contributed by atoms with E-state index in [9.17, 15) is 31.2 Å². The normalized spacial score (nSPS) is 14.1. The second kappa shape index (κ2) is 6.70. The van der Waals surface area contributed by atoms with Gasteiger partial charge in [-0.15, -0.1) is 0 Å². The predicted octanol–water partition coefficient (Wildman–Crippen LogP) is 0.176. The number of sulfonamides is 1. The first-order valence-electron chi connectivity index (χ1n) is 4.94. The molecule has 0 aliphatic carbocycles. The Morgan fingerprint density at radius 1 is 1.21 bits per heavy atom. The molecule has 0 bridgehead atoms. The zero-order chi connectivity index (χ0) is 15.3. The number of rotatable bonds is 8. The first-order chi connectivity index (χ1) is 8.43. The molecule has 0 aromatic heterocycles. The molecular formula is C8H12F3NO6S. The summed E-state index contributed by atoms with van der Waals surface area (Å²) >= 11 is 0. The Balaban J connectivity index is 4.48. The van der Waals surface area contributed by atoms with Crippen molar-refractivity contribution in [3.05, 3.63) is 0 Å². The van der Waals surface area contributed by atoms with Gasteiger partial charge in [0.1, 0.15) is 6.04 Å². The highest BCUT2D eigenvalue weighted by atomic mass is 32.2. The van der Waals surface area contributed by atoms with Crippen molar-refractivity contribution in [1.82, 2.24) is 4.72 Å². The zero-order valence-electron chi connectivity index (χ0n) is 9.48. The van der Waals surface area contributed by atoms with E-state index in [1.807, 2.05) is 0 Å². The van der Waals surface area contributed by atoms with Gasteiger partial charge in [0.25, 0.3) is 0 Å². The van der Waals surface area contributed by atoms with Crippen LogP contribution in [0.3, 0.4) is 0 Å². The number of nitrogens with one attached hydrogen (secondary N) is 1. The van der Waals surface area contributed by atoms with Gasteiger partial charge < -0.3 is 10.2 Å². The maximum absolute atomic E-state index is 11.8. The maximum atomic E-state index is 11.8. The standard InChI is InChI=1S/C8H12F3NO6S/c9-8(10,11)2-1-3-19(17,18)12-5(7(15)16)4-6(13)14/h5,12H,1-4H2,(H,13,14)(H,15,16)/t5-/m1/s1. The SMILES string of the molecule is O=C(O)C[C@@H](NS(=O)(=O)CCCC(F)(F)F)C(=O)O. The molecular weight excluding hydrogens is 295 g/mol. The summed E-state index contributed by atoms with van der Waals surface area (Å²) in [5.74, 6) is -4.21. The van der Waals surface area contributed by atoms with Crippen molar-refractivity contribution < 1.29 is 41.4 Å². The Morgan fingerprint density at radius 3 is 2.11 bits per heavy atom. The van der Waals surface area contributed by atoms with Crippen molar-refractivity contribution in [2.75, 3.05) is 5.75 Å². The van der Waals surface area contributed by atoms with Crippen LogP contribution in [0, 0.1) is 0 Å². The minimum Gasteiger partial charge on any atom is -0.481 e. The number of carboxylic acid groups (broad SMARTS) is 2. The summed E-state index contributed by atoms with van der Waals surface area (Å²) in [7, 11) is -4.29. The molecule has 0 radical (unpaired) electrons. The van der Waals surface area contributed by atoms with Crippen LogP contribution in [0.4, 0.5) is 13.2 Å². The summed E-state index contributed by atoms with van der Waals surface area (Å²) in [6.45, 7) is 0. The summed E-state index contributed by atoms with van der Waals surface area (Å²) in [5.41, 5.74) is 0. The van der Waals surface area contributed by atoms with Crippen molar-refractivity contribution in [2.45, 2.75) is 31.5 Å². The lowest BCUT2D eigenvalue weighted by Crippen LogP contribution is -2.43. The molecule has 0 unspecified atom stereocenters. The minimum absolute atomic E-state index is 0.738. The molecule has 112 valence electrons. The van der Waals surface area contributed by atoms with Crippen LogP contribution in [0.1, 0.15) is 19.3 Å². The molecule has 1 atom stereocenters. The molecule has 0 saturated heterocycles. The van der Waals surface area contributed by atoms with Gasteiger partial charge in [0.05, 0.1) is 12.2 Å². The summed E-state index contributed by atoms with van der Waals surface area (Å²) in [6, 6.07) is -1.91. The van der Waals surface area contributed by atoms with Gasteiger partial charge in [-0.1, -0.05) is 0 Å². The van der Waals surface area contributed by atoms with Crippen LogP contribution in [-0.4, -0.2) is 48.5 Å². The number of hydrogen-bond donors (Lipinski definition) is 3. The van der Waals surface area contributed by atoms with Crippen molar-refractivity contribution in [2.24, 2.45) is 0 Å². The molecule has 0 spiro atoms. The lowest BCUT2D eigenvalue weighted by Gasteiger charge is -2.13. The van der Waals surface area contributed by atoms with E-state index < -0.39 is 59.2 Å². The molecule has 0 aromatic carbocycles. The molecule has 0 aliphatic rings. The van der Waals surface area contributed by atoms with Crippen LogP contribution in [0.15, 0.2) is 0 Å². The van der Waals surface area contributed by atoms with Crippen molar-refractivity contribution in [3.8, 4) is 0 Å². The van der Waals surface area contributed by atoms with Gasteiger partial charge in [-0.2, -0.15) is 13.2 Å². The van der Waals surface area contributed by atoms with Crippen LogP contribution in [-0.2, 0) is 19.6 Å². The summed E-state index contributed by atoms with van der Waals surface area (Å²) in [6.07, 6.45) is -7.58. The van der Waals surface area contributed by atoms with Gasteiger partial charge in [-0.05, 0) is 6.42 Å². The van der Waals surface area contributed by atoms with Crippen molar-refractivity contribution in [1.29, 1.82) is 0 Å². The molecule has 3 N–H and O–H groups in total. The Labute approximate surface area is 106 Å². The van der Waals surface area contributed by atoms with Crippen LogP contribution in [0.25, 0.3) is 0 Å². The predicted molar refractivity (Wildman–Crippen MR) is 55.9 cm³/mol. The largest absolute Gasteiger partial charge is 0.481 e. The Hall–Kier alpha value is -1.36. The van der Waals surface area contributed by atoms with E-state index in [0.717, 1.165) is 0 Å². The van der Waals surface area contributed by atoms with Crippen molar-refractivity contribution >= 4 is 22.0 Å². The molecule has 0 aromatic rings. The van der Waals surface area contributed by atoms with Gasteiger partial charge in [0, 0.05) is 6.42 Å². The average Bonchev–Trinajstić information content (AvgIpc) is 2.12. The lowest BCUT2D eigenvalue weighted by molar-refractivity contribution is -0.145. The third kappa shape index (κ3) is 9.25. The summed E-state index contributed by atoms with van der Waals surface area (Å²) in [5, 5.41) is 16.9. The molecule has 19 heavy (non-hydrogen) atoms. The Morgan fingerprint density at radius 2 is 1.74 bits per heavy atom. The van der Waals surface area contributed by atoms with Crippen molar-refractivity contribution in [3.63, 3.8) is 0 Å². The number of alkyl halides is 3. The van der Waals surface area contributed by atoms with Gasteiger partial charge in [0.15, 0.2) is 0 Å². The van der Waals surface area contributed by atoms with Gasteiger partial charge >= 0.3 is 18.1 Å². The summed E-state index contributed by atoms with van der Waals surface area (Å²) < 4.78 is 59.5. The first-order valence-corrected chi connectivity index (χ1v) is 6.59. The molecule has 0 saturated carbocycles. The van der Waals surface area contributed by atoms with Crippen LogP contribution in [0.2, 0.25) is 0 Å². The van der Waals surface area contributed by atoms with Crippen LogP contribution < -0.4 is 4.72 Å². The first kappa shape index (κ1) is 17.6. The quantitative estimate of drug-likeness (QED) is 0.588. The van der Waals surface area contributed by atoms with E-state index in [2.05, 4.69) is 0 Å². The number of aliphatic carboxylic acids is 2. The molecule has 0 amide bonds. The Bertz CT molecular complexity index is 432. The molecule has 0 aliphatic heterocycles. The number of carbonyl (C=O) groups is 2. The monoisotopic (exact) mass is 307 g/mol. The fourth-order valence-corrected chi connectivity index (χ4v) is 2.35. The maximum Gasteiger partial charge on any atom is 0.389 e. The van der Waals surface area contributed by atoms with E-state index in [1.165, 1.54) is 4.72 Å². The second-order valence-corrected chi connectivity index (χ2v) is 5.52. The smallest absolute Gasteiger partial charge is 0.389 e. The van der Waals surface area contributed by atoms with Gasteiger partial charge in [-0.25, -0.2) is 13.1 Å². The van der Waals surface area contributed by atoms with Crippen LogP contribution >= 0.6 is 0 Å². The lowest BCUT2D eigenvalue weighted by atomic mass is 10.2. The van der Waals surface area contributed by atoms with E-state index >= 15 is 0 Å². The zero-order valence-corrected chi connectivity index (χ0v) is 10.3. The van der Waals surface area contributed by atoms with Gasteiger partial charge in [-0.3, -0.25) is 9.59 Å². The highest BCUT2D eigenvalue weighted by Crippen LogP contribution is 2.21. The fourth-order valence-electron chi connectivity index (χ4n) is 1.09. The molecule has 0 fully saturated rings. The van der Waals surface area contributed by atoms with E-state index in [0.29, 0.717) is 0 Å². The highest BCUT2D eigenvalue weighted by molar-refractivity contribution is 7.89. The Kier molecular flexibility index (Phi) is 6.22.